The van der Waals surface area contributed by atoms with Gasteiger partial charge in [0.1, 0.15) is 5.75 Å². The Morgan fingerprint density at radius 2 is 2.15 bits per heavy atom. The lowest BCUT2D eigenvalue weighted by Gasteiger charge is -2.18. The SMILES string of the molecule is CCc1cc(C(NN)c2cccc(OC)c2)n(CC)n1. The number of aromatic nitrogens is 2. The number of hydrogen-bond acceptors (Lipinski definition) is 4. The lowest BCUT2D eigenvalue weighted by Crippen LogP contribution is -2.30. The highest BCUT2D eigenvalue weighted by Gasteiger charge is 2.18. The number of nitrogens with two attached hydrogens (primary N) is 1. The molecule has 1 aromatic heterocycles. The molecule has 5 heteroatoms. The monoisotopic (exact) mass is 274 g/mol. The van der Waals surface area contributed by atoms with Crippen molar-refractivity contribution in [3.8, 4) is 5.75 Å². The summed E-state index contributed by atoms with van der Waals surface area (Å²) in [5, 5.41) is 4.57. The van der Waals surface area contributed by atoms with Gasteiger partial charge in [-0.2, -0.15) is 5.10 Å². The topological polar surface area (TPSA) is 65.1 Å². The molecule has 2 aromatic rings. The Bertz CT molecular complexity index is 565. The number of hydrogen-bond donors (Lipinski definition) is 2. The van der Waals surface area contributed by atoms with E-state index in [4.69, 9.17) is 10.6 Å². The van der Waals surface area contributed by atoms with E-state index in [-0.39, 0.29) is 6.04 Å². The summed E-state index contributed by atoms with van der Waals surface area (Å²) in [5.41, 5.74) is 6.08. The van der Waals surface area contributed by atoms with Crippen LogP contribution in [0.3, 0.4) is 0 Å². The van der Waals surface area contributed by atoms with Crippen molar-refractivity contribution in [2.75, 3.05) is 7.11 Å². The smallest absolute Gasteiger partial charge is 0.119 e. The highest BCUT2D eigenvalue weighted by molar-refractivity contribution is 5.35. The van der Waals surface area contributed by atoms with Crippen molar-refractivity contribution in [1.82, 2.24) is 15.2 Å². The summed E-state index contributed by atoms with van der Waals surface area (Å²) in [4.78, 5) is 0. The molecule has 0 aliphatic carbocycles. The number of benzene rings is 1. The van der Waals surface area contributed by atoms with E-state index in [1.54, 1.807) is 7.11 Å². The highest BCUT2D eigenvalue weighted by atomic mass is 16.5. The van der Waals surface area contributed by atoms with Gasteiger partial charge in [0.25, 0.3) is 0 Å². The molecule has 3 N–H and O–H groups in total. The third-order valence-corrected chi connectivity index (χ3v) is 3.41. The summed E-state index contributed by atoms with van der Waals surface area (Å²) in [6.07, 6.45) is 0.912. The van der Waals surface area contributed by atoms with E-state index >= 15 is 0 Å². The van der Waals surface area contributed by atoms with Gasteiger partial charge in [0.05, 0.1) is 24.5 Å². The van der Waals surface area contributed by atoms with Gasteiger partial charge >= 0.3 is 0 Å². The van der Waals surface area contributed by atoms with E-state index in [0.29, 0.717) is 0 Å². The molecular formula is C15H22N4O. The lowest BCUT2D eigenvalue weighted by molar-refractivity contribution is 0.413. The van der Waals surface area contributed by atoms with E-state index in [0.717, 1.165) is 35.7 Å². The minimum Gasteiger partial charge on any atom is -0.497 e. The zero-order chi connectivity index (χ0) is 14.5. The van der Waals surface area contributed by atoms with Crippen LogP contribution in [0.4, 0.5) is 0 Å². The molecule has 0 radical (unpaired) electrons. The second-order valence-electron chi connectivity index (χ2n) is 4.61. The standard InChI is InChI=1S/C15H22N4O/c1-4-12-10-14(19(5-2)18-12)15(17-16)11-7-6-8-13(9-11)20-3/h6-10,15,17H,4-5,16H2,1-3H3. The first-order valence-electron chi connectivity index (χ1n) is 6.90. The van der Waals surface area contributed by atoms with Crippen molar-refractivity contribution in [3.63, 3.8) is 0 Å². The highest BCUT2D eigenvalue weighted by Crippen LogP contribution is 2.25. The minimum atomic E-state index is -0.0992. The molecule has 2 rings (SSSR count). The van der Waals surface area contributed by atoms with Crippen LogP contribution in [-0.2, 0) is 13.0 Å². The van der Waals surface area contributed by atoms with E-state index in [1.807, 2.05) is 28.9 Å². The van der Waals surface area contributed by atoms with Crippen LogP contribution in [-0.4, -0.2) is 16.9 Å². The summed E-state index contributed by atoms with van der Waals surface area (Å²) in [6.45, 7) is 5.00. The number of hydrazine groups is 1. The average Bonchev–Trinajstić information content (AvgIpc) is 2.91. The zero-order valence-corrected chi connectivity index (χ0v) is 12.3. The molecule has 108 valence electrons. The van der Waals surface area contributed by atoms with Crippen LogP contribution in [0, 0.1) is 0 Å². The van der Waals surface area contributed by atoms with Crippen LogP contribution < -0.4 is 16.0 Å². The Morgan fingerprint density at radius 3 is 2.75 bits per heavy atom. The van der Waals surface area contributed by atoms with Crippen LogP contribution >= 0.6 is 0 Å². The quantitative estimate of drug-likeness (QED) is 0.625. The third-order valence-electron chi connectivity index (χ3n) is 3.41. The fourth-order valence-electron chi connectivity index (χ4n) is 2.32. The van der Waals surface area contributed by atoms with Crippen LogP contribution in [0.5, 0.6) is 5.75 Å². The molecule has 0 spiro atoms. The summed E-state index contributed by atoms with van der Waals surface area (Å²) < 4.78 is 7.27. The van der Waals surface area contributed by atoms with Crippen molar-refractivity contribution in [2.24, 2.45) is 5.84 Å². The maximum atomic E-state index is 5.77. The average molecular weight is 274 g/mol. The van der Waals surface area contributed by atoms with E-state index in [2.05, 4.69) is 30.4 Å². The molecule has 1 atom stereocenters. The summed E-state index contributed by atoms with van der Waals surface area (Å²) in [7, 11) is 1.66. The van der Waals surface area contributed by atoms with Gasteiger partial charge in [-0.05, 0) is 37.1 Å². The Morgan fingerprint density at radius 1 is 1.35 bits per heavy atom. The van der Waals surface area contributed by atoms with Gasteiger partial charge in [-0.3, -0.25) is 10.5 Å². The minimum absolute atomic E-state index is 0.0992. The number of rotatable bonds is 6. The van der Waals surface area contributed by atoms with E-state index < -0.39 is 0 Å². The fourth-order valence-corrected chi connectivity index (χ4v) is 2.32. The van der Waals surface area contributed by atoms with Crippen molar-refractivity contribution >= 4 is 0 Å². The maximum Gasteiger partial charge on any atom is 0.119 e. The number of nitrogens with zero attached hydrogens (tertiary/aromatic N) is 2. The van der Waals surface area contributed by atoms with Gasteiger partial charge < -0.3 is 4.74 Å². The fraction of sp³-hybridized carbons (Fsp3) is 0.400. The number of nitrogens with one attached hydrogen (secondary N) is 1. The Hall–Kier alpha value is -1.85. The molecule has 20 heavy (non-hydrogen) atoms. The zero-order valence-electron chi connectivity index (χ0n) is 12.3. The van der Waals surface area contributed by atoms with Gasteiger partial charge in [-0.1, -0.05) is 19.1 Å². The van der Waals surface area contributed by atoms with Crippen LogP contribution in [0.15, 0.2) is 30.3 Å². The second-order valence-corrected chi connectivity index (χ2v) is 4.61. The molecule has 0 saturated heterocycles. The largest absolute Gasteiger partial charge is 0.497 e. The van der Waals surface area contributed by atoms with Crippen molar-refractivity contribution in [2.45, 2.75) is 32.9 Å². The maximum absolute atomic E-state index is 5.77. The first kappa shape index (κ1) is 14.6. The molecule has 1 unspecified atom stereocenters. The molecule has 1 heterocycles. The number of aryl methyl sites for hydroxylation is 2. The summed E-state index contributed by atoms with van der Waals surface area (Å²) in [5.74, 6) is 6.59. The Kier molecular flexibility index (Phi) is 4.76. The van der Waals surface area contributed by atoms with Gasteiger partial charge in [0.15, 0.2) is 0 Å². The normalized spacial score (nSPS) is 12.4. The van der Waals surface area contributed by atoms with Crippen molar-refractivity contribution < 1.29 is 4.74 Å². The number of methoxy groups -OCH3 is 1. The van der Waals surface area contributed by atoms with Crippen LogP contribution in [0.25, 0.3) is 0 Å². The molecule has 1 aromatic carbocycles. The number of ether oxygens (including phenoxy) is 1. The first-order chi connectivity index (χ1) is 9.73. The molecule has 0 aliphatic rings. The molecular weight excluding hydrogens is 252 g/mol. The van der Waals surface area contributed by atoms with Gasteiger partial charge in [-0.15, -0.1) is 0 Å². The lowest BCUT2D eigenvalue weighted by atomic mass is 10.0. The molecule has 0 saturated carbocycles. The predicted molar refractivity (Wildman–Crippen MR) is 79.4 cm³/mol. The van der Waals surface area contributed by atoms with Crippen LogP contribution in [0.1, 0.15) is 36.8 Å². The van der Waals surface area contributed by atoms with Gasteiger partial charge in [-0.25, -0.2) is 5.43 Å². The Balaban J connectivity index is 2.43. The molecule has 0 amide bonds. The van der Waals surface area contributed by atoms with Crippen molar-refractivity contribution in [1.29, 1.82) is 0 Å². The first-order valence-corrected chi connectivity index (χ1v) is 6.90. The van der Waals surface area contributed by atoms with Crippen molar-refractivity contribution in [3.05, 3.63) is 47.3 Å². The summed E-state index contributed by atoms with van der Waals surface area (Å²) in [6, 6.07) is 9.91. The molecule has 0 aliphatic heterocycles. The molecule has 5 nitrogen and oxygen atoms in total. The molecule has 0 bridgehead atoms. The Labute approximate surface area is 119 Å². The van der Waals surface area contributed by atoms with E-state index in [9.17, 15) is 0 Å². The summed E-state index contributed by atoms with van der Waals surface area (Å²) >= 11 is 0. The predicted octanol–water partition coefficient (Wildman–Crippen LogP) is 2.03. The van der Waals surface area contributed by atoms with E-state index in [1.165, 1.54) is 0 Å². The third kappa shape index (κ3) is 2.84. The van der Waals surface area contributed by atoms with Crippen LogP contribution in [0.2, 0.25) is 0 Å². The molecule has 0 fully saturated rings. The van der Waals surface area contributed by atoms with Gasteiger partial charge in [0.2, 0.25) is 0 Å². The van der Waals surface area contributed by atoms with Gasteiger partial charge in [0, 0.05) is 6.54 Å². The second kappa shape index (κ2) is 6.54.